The molecule has 0 amide bonds. The van der Waals surface area contributed by atoms with Crippen LogP contribution in [0, 0.1) is 0 Å². The van der Waals surface area contributed by atoms with Crippen molar-refractivity contribution >= 4 is 39.2 Å². The third kappa shape index (κ3) is 2.85. The topological polar surface area (TPSA) is 45.4 Å². The molecule has 1 aromatic carbocycles. The van der Waals surface area contributed by atoms with Gasteiger partial charge in [-0.05, 0) is 30.0 Å². The maximum Gasteiger partial charge on any atom is 0.196 e. The molecular formula is C20H20N4OS. The summed E-state index contributed by atoms with van der Waals surface area (Å²) >= 11 is 1.85. The smallest absolute Gasteiger partial charge is 0.196 e. The van der Waals surface area contributed by atoms with Gasteiger partial charge in [-0.15, -0.1) is 11.3 Å². The molecule has 4 aromatic rings. The number of furan rings is 1. The Morgan fingerprint density at radius 3 is 2.73 bits per heavy atom. The molecule has 1 aliphatic rings. The quantitative estimate of drug-likeness (QED) is 0.551. The minimum atomic E-state index is 0.806. The van der Waals surface area contributed by atoms with Crippen molar-refractivity contribution in [3.05, 3.63) is 53.0 Å². The van der Waals surface area contributed by atoms with Crippen molar-refractivity contribution < 1.29 is 4.42 Å². The Morgan fingerprint density at radius 1 is 1.00 bits per heavy atom. The minimum absolute atomic E-state index is 0.806. The van der Waals surface area contributed by atoms with E-state index < -0.39 is 0 Å². The molecule has 0 atom stereocenters. The van der Waals surface area contributed by atoms with Crippen LogP contribution in [0.2, 0.25) is 0 Å². The first-order valence-electron chi connectivity index (χ1n) is 9.00. The molecule has 1 fully saturated rings. The maximum atomic E-state index is 6.08. The molecule has 1 aliphatic heterocycles. The Hall–Kier alpha value is -2.44. The molecule has 5 rings (SSSR count). The zero-order valence-corrected chi connectivity index (χ0v) is 15.3. The first-order valence-corrected chi connectivity index (χ1v) is 9.88. The number of rotatable bonds is 4. The van der Waals surface area contributed by atoms with Gasteiger partial charge in [0.1, 0.15) is 17.4 Å². The molecule has 0 aliphatic carbocycles. The van der Waals surface area contributed by atoms with Crippen molar-refractivity contribution in [3.8, 4) is 0 Å². The molecule has 0 unspecified atom stereocenters. The zero-order valence-electron chi connectivity index (χ0n) is 14.5. The van der Waals surface area contributed by atoms with Crippen molar-refractivity contribution in [1.29, 1.82) is 0 Å². The van der Waals surface area contributed by atoms with Crippen LogP contribution < -0.4 is 4.90 Å². The number of hydrogen-bond donors (Lipinski definition) is 0. The van der Waals surface area contributed by atoms with E-state index in [1.807, 2.05) is 29.5 Å². The fraction of sp³-hybridized carbons (Fsp3) is 0.300. The highest BCUT2D eigenvalue weighted by Gasteiger charge is 2.22. The van der Waals surface area contributed by atoms with Gasteiger partial charge in [-0.1, -0.05) is 18.2 Å². The van der Waals surface area contributed by atoms with Crippen molar-refractivity contribution in [2.75, 3.05) is 37.6 Å². The number of anilines is 1. The second-order valence-electron chi connectivity index (χ2n) is 6.63. The predicted molar refractivity (Wildman–Crippen MR) is 106 cm³/mol. The Balaban J connectivity index is 1.33. The summed E-state index contributed by atoms with van der Waals surface area (Å²) in [5.74, 6) is 0.920. The standard InChI is InChI=1S/C20H20N4OS/c1-2-6-17-16(5-1)18-19(25-17)20(22-14-21-18)24-11-9-23(10-12-24)8-7-15-4-3-13-26-15/h1-6,13-14H,7-12H2. The fourth-order valence-corrected chi connectivity index (χ4v) is 4.34. The van der Waals surface area contributed by atoms with E-state index in [0.29, 0.717) is 0 Å². The number of benzene rings is 1. The number of nitrogens with zero attached hydrogens (tertiary/aromatic N) is 4. The molecule has 0 spiro atoms. The van der Waals surface area contributed by atoms with E-state index in [4.69, 9.17) is 4.42 Å². The van der Waals surface area contributed by atoms with Crippen LogP contribution in [0.1, 0.15) is 4.88 Å². The first kappa shape index (κ1) is 15.8. The molecule has 4 heterocycles. The van der Waals surface area contributed by atoms with Gasteiger partial charge in [0.2, 0.25) is 0 Å². The summed E-state index contributed by atoms with van der Waals surface area (Å²) in [5, 5.41) is 3.21. The number of aromatic nitrogens is 2. The summed E-state index contributed by atoms with van der Waals surface area (Å²) in [5.41, 5.74) is 2.59. The van der Waals surface area contributed by atoms with Crippen molar-refractivity contribution in [1.82, 2.24) is 14.9 Å². The van der Waals surface area contributed by atoms with E-state index in [9.17, 15) is 0 Å². The van der Waals surface area contributed by atoms with Gasteiger partial charge in [0.25, 0.3) is 0 Å². The van der Waals surface area contributed by atoms with Crippen molar-refractivity contribution in [3.63, 3.8) is 0 Å². The van der Waals surface area contributed by atoms with E-state index >= 15 is 0 Å². The summed E-state index contributed by atoms with van der Waals surface area (Å²) < 4.78 is 6.08. The van der Waals surface area contributed by atoms with Gasteiger partial charge in [0.05, 0.1) is 0 Å². The molecule has 132 valence electrons. The highest BCUT2D eigenvalue weighted by molar-refractivity contribution is 7.09. The van der Waals surface area contributed by atoms with Crippen molar-refractivity contribution in [2.45, 2.75) is 6.42 Å². The lowest BCUT2D eigenvalue weighted by molar-refractivity contribution is 0.261. The van der Waals surface area contributed by atoms with Gasteiger partial charge < -0.3 is 9.32 Å². The van der Waals surface area contributed by atoms with Crippen LogP contribution in [0.3, 0.4) is 0 Å². The molecule has 0 bridgehead atoms. The number of thiophene rings is 1. The van der Waals surface area contributed by atoms with Gasteiger partial charge in [-0.3, -0.25) is 4.90 Å². The number of piperazine rings is 1. The largest absolute Gasteiger partial charge is 0.450 e. The second kappa shape index (κ2) is 6.70. The van der Waals surface area contributed by atoms with E-state index in [0.717, 1.165) is 67.0 Å². The third-order valence-corrected chi connectivity index (χ3v) is 6.00. The SMILES string of the molecule is c1csc(CCN2CCN(c3ncnc4c3oc3ccccc34)CC2)c1. The zero-order chi connectivity index (χ0) is 17.3. The summed E-state index contributed by atoms with van der Waals surface area (Å²) in [6, 6.07) is 12.4. The van der Waals surface area contributed by atoms with E-state index in [1.165, 1.54) is 4.88 Å². The van der Waals surface area contributed by atoms with Gasteiger partial charge in [0.15, 0.2) is 11.4 Å². The van der Waals surface area contributed by atoms with Crippen LogP contribution >= 0.6 is 11.3 Å². The van der Waals surface area contributed by atoms with Gasteiger partial charge in [0, 0.05) is 43.0 Å². The average Bonchev–Trinajstić information content (AvgIpc) is 3.34. The van der Waals surface area contributed by atoms with Crippen LogP contribution in [0.4, 0.5) is 5.82 Å². The summed E-state index contributed by atoms with van der Waals surface area (Å²) in [7, 11) is 0. The van der Waals surface area contributed by atoms with Gasteiger partial charge >= 0.3 is 0 Å². The molecule has 5 nitrogen and oxygen atoms in total. The molecule has 26 heavy (non-hydrogen) atoms. The molecule has 6 heteroatoms. The number of para-hydroxylation sites is 1. The Labute approximate surface area is 155 Å². The predicted octanol–water partition coefficient (Wildman–Crippen LogP) is 3.80. The van der Waals surface area contributed by atoms with Crippen LogP contribution in [0.15, 0.2) is 52.5 Å². The van der Waals surface area contributed by atoms with E-state index in [2.05, 4.69) is 43.3 Å². The monoisotopic (exact) mass is 364 g/mol. The normalized spacial score (nSPS) is 15.9. The summed E-state index contributed by atoms with van der Waals surface area (Å²) in [4.78, 5) is 15.3. The van der Waals surface area contributed by atoms with Gasteiger partial charge in [-0.25, -0.2) is 9.97 Å². The molecule has 0 saturated carbocycles. The molecule has 3 aromatic heterocycles. The first-order chi connectivity index (χ1) is 12.9. The Bertz CT molecular complexity index is 1020. The second-order valence-corrected chi connectivity index (χ2v) is 7.66. The number of hydrogen-bond acceptors (Lipinski definition) is 6. The fourth-order valence-electron chi connectivity index (χ4n) is 3.64. The van der Waals surface area contributed by atoms with E-state index in [1.54, 1.807) is 6.33 Å². The number of fused-ring (bicyclic) bond motifs is 3. The van der Waals surface area contributed by atoms with Crippen LogP contribution in [0.25, 0.3) is 22.1 Å². The minimum Gasteiger partial charge on any atom is -0.450 e. The summed E-state index contributed by atoms with van der Waals surface area (Å²) in [6.07, 6.45) is 2.79. The lowest BCUT2D eigenvalue weighted by atomic mass is 10.2. The highest BCUT2D eigenvalue weighted by Crippen LogP contribution is 2.32. The average molecular weight is 364 g/mol. The molecule has 1 saturated heterocycles. The lowest BCUT2D eigenvalue weighted by Crippen LogP contribution is -2.47. The molecular weight excluding hydrogens is 344 g/mol. The maximum absolute atomic E-state index is 6.08. The van der Waals surface area contributed by atoms with Crippen molar-refractivity contribution in [2.24, 2.45) is 0 Å². The van der Waals surface area contributed by atoms with E-state index in [-0.39, 0.29) is 0 Å². The van der Waals surface area contributed by atoms with Crippen LogP contribution in [0.5, 0.6) is 0 Å². The van der Waals surface area contributed by atoms with Crippen LogP contribution in [-0.2, 0) is 6.42 Å². The third-order valence-electron chi connectivity index (χ3n) is 5.07. The lowest BCUT2D eigenvalue weighted by Gasteiger charge is -2.35. The molecule has 0 radical (unpaired) electrons. The van der Waals surface area contributed by atoms with Gasteiger partial charge in [-0.2, -0.15) is 0 Å². The Kier molecular flexibility index (Phi) is 4.07. The summed E-state index contributed by atoms with van der Waals surface area (Å²) in [6.45, 7) is 5.16. The Morgan fingerprint density at radius 2 is 1.88 bits per heavy atom. The molecule has 0 N–H and O–H groups in total. The highest BCUT2D eigenvalue weighted by atomic mass is 32.1. The van der Waals surface area contributed by atoms with Crippen LogP contribution in [-0.4, -0.2) is 47.6 Å².